The van der Waals surface area contributed by atoms with Crippen molar-refractivity contribution in [2.75, 3.05) is 13.7 Å². The van der Waals surface area contributed by atoms with Gasteiger partial charge in [-0.15, -0.1) is 0 Å². The summed E-state index contributed by atoms with van der Waals surface area (Å²) >= 11 is 0. The smallest absolute Gasteiger partial charge is 0.435 e. The maximum atomic E-state index is 15.1. The molecule has 7 atom stereocenters. The van der Waals surface area contributed by atoms with Crippen molar-refractivity contribution in [3.63, 3.8) is 0 Å². The maximum Gasteiger partial charge on any atom is 0.435 e. The summed E-state index contributed by atoms with van der Waals surface area (Å²) in [6, 6.07) is 6.03. The summed E-state index contributed by atoms with van der Waals surface area (Å²) in [5.41, 5.74) is -3.02. The number of alkyl halides is 3. The van der Waals surface area contributed by atoms with E-state index in [1.165, 1.54) is 18.1 Å². The van der Waals surface area contributed by atoms with Gasteiger partial charge >= 0.3 is 12.1 Å². The number of halogens is 3. The van der Waals surface area contributed by atoms with Gasteiger partial charge in [0.1, 0.15) is 23.2 Å². The lowest BCUT2D eigenvalue weighted by atomic mass is 9.82. The van der Waals surface area contributed by atoms with Gasteiger partial charge in [-0.3, -0.25) is 23.9 Å². The van der Waals surface area contributed by atoms with Crippen LogP contribution in [0.4, 0.5) is 13.2 Å². The second kappa shape index (κ2) is 16.8. The first-order valence-corrected chi connectivity index (χ1v) is 23.0. The van der Waals surface area contributed by atoms with Gasteiger partial charge in [0, 0.05) is 36.6 Å². The second-order valence-electron chi connectivity index (χ2n) is 19.2. The van der Waals surface area contributed by atoms with Crippen LogP contribution in [-0.4, -0.2) is 87.8 Å². The topological polar surface area (TPSA) is 176 Å². The molecule has 63 heavy (non-hydrogen) atoms. The number of ether oxygens (including phenoxy) is 3. The Balaban J connectivity index is 1.27. The number of methoxy groups -OCH3 is 1. The van der Waals surface area contributed by atoms with Crippen LogP contribution in [0.25, 0.3) is 16.7 Å². The highest BCUT2D eigenvalue weighted by Crippen LogP contribution is 2.58. The number of rotatable bonds is 9. The molecule has 2 amide bonds. The van der Waals surface area contributed by atoms with Crippen LogP contribution in [0.5, 0.6) is 11.5 Å². The second-order valence-corrected chi connectivity index (χ2v) is 21.4. The molecule has 3 aromatic rings. The SMILES string of the molecule is COc1ccc2c(O[C@@H]3C[C@H]4C(=O)C[C@]5(C(=O)NS(=O)(=O)C6(C)CC6)C[C@H]5/C=C\CC[C@@H](C)C[C@@H](C)[C@H](CC(=O)OC(C)(C)C)C(=O)N4C3)cc(-n3ccc(C(F)(F)F)n3)nc2c1. The third-order valence-electron chi connectivity index (χ3n) is 13.0. The van der Waals surface area contributed by atoms with Gasteiger partial charge in [0.2, 0.25) is 21.8 Å². The van der Waals surface area contributed by atoms with Gasteiger partial charge in [-0.1, -0.05) is 26.0 Å². The molecular weight excluding hydrogens is 844 g/mol. The van der Waals surface area contributed by atoms with E-state index in [0.29, 0.717) is 42.3 Å². The van der Waals surface area contributed by atoms with Crippen LogP contribution >= 0.6 is 0 Å². The number of aromatic nitrogens is 3. The van der Waals surface area contributed by atoms with E-state index < -0.39 is 85.2 Å². The number of Topliss-reactive ketones (excluding diaryl/α,β-unsaturated/α-hetero) is 1. The molecular formula is C45H56F3N5O9S. The monoisotopic (exact) mass is 899 g/mol. The van der Waals surface area contributed by atoms with Crippen molar-refractivity contribution in [3.8, 4) is 17.3 Å². The molecule has 2 saturated carbocycles. The third-order valence-corrected chi connectivity index (χ3v) is 15.1. The highest BCUT2D eigenvalue weighted by atomic mass is 32.2. The Morgan fingerprint density at radius 1 is 1.05 bits per heavy atom. The normalized spacial score (nSPS) is 28.3. The number of hydrogen-bond acceptors (Lipinski definition) is 11. The largest absolute Gasteiger partial charge is 0.497 e. The van der Waals surface area contributed by atoms with Crippen LogP contribution in [0.2, 0.25) is 0 Å². The minimum Gasteiger partial charge on any atom is -0.497 e. The standard InChI is InChI=1S/C45H56F3N5O9S/c1-26-10-8-9-11-28-23-44(28,41(57)51-63(58,59)43(6)15-16-43)24-35(54)34-20-30(25-52(34)40(56)32(27(2)18-26)21-39(55)62-42(3,4)5)61-36-22-38(53-17-14-37(50-53)45(46,47)48)49-33-19-29(60-7)12-13-31(33)36/h9,11-14,17,19,22,26-28,30,32,34H,8,10,15-16,18,20-21,23-25H2,1-7H3,(H,51,57)/b11-9-/t26-,27-,28-,30-,32+,34+,44-/m1/s1. The quantitative estimate of drug-likeness (QED) is 0.171. The molecule has 4 heterocycles. The molecule has 1 saturated heterocycles. The van der Waals surface area contributed by atoms with Crippen LogP contribution < -0.4 is 14.2 Å². The Labute approximate surface area is 365 Å². The van der Waals surface area contributed by atoms with Gasteiger partial charge < -0.3 is 19.1 Å². The van der Waals surface area contributed by atoms with E-state index in [4.69, 9.17) is 14.2 Å². The number of nitrogens with one attached hydrogen (secondary N) is 1. The number of esters is 1. The Hall–Kier alpha value is -5.00. The molecule has 0 spiro atoms. The Morgan fingerprint density at radius 2 is 1.78 bits per heavy atom. The molecule has 2 aliphatic heterocycles. The maximum absolute atomic E-state index is 15.1. The first-order chi connectivity index (χ1) is 29.4. The third kappa shape index (κ3) is 9.90. The van der Waals surface area contributed by atoms with Gasteiger partial charge in [0.25, 0.3) is 0 Å². The Bertz CT molecular complexity index is 2420. The molecule has 0 radical (unpaired) electrons. The zero-order chi connectivity index (χ0) is 45.9. The number of hydrogen-bond donors (Lipinski definition) is 1. The van der Waals surface area contributed by atoms with Crippen molar-refractivity contribution in [3.05, 3.63) is 54.4 Å². The fourth-order valence-corrected chi connectivity index (χ4v) is 10.3. The Morgan fingerprint density at radius 3 is 2.43 bits per heavy atom. The molecule has 1 N–H and O–H groups in total. The molecule has 342 valence electrons. The number of pyridine rings is 1. The molecule has 18 heteroatoms. The predicted octanol–water partition coefficient (Wildman–Crippen LogP) is 7.12. The summed E-state index contributed by atoms with van der Waals surface area (Å²) in [4.78, 5) is 63.4. The van der Waals surface area contributed by atoms with Gasteiger partial charge in [-0.05, 0) is 102 Å². The summed E-state index contributed by atoms with van der Waals surface area (Å²) in [7, 11) is -2.58. The van der Waals surface area contributed by atoms with Crippen molar-refractivity contribution in [2.24, 2.45) is 29.1 Å². The average molecular weight is 900 g/mol. The van der Waals surface area contributed by atoms with Crippen LogP contribution in [0, 0.1) is 29.1 Å². The summed E-state index contributed by atoms with van der Waals surface area (Å²) in [6.07, 6.45) is 1.81. The van der Waals surface area contributed by atoms with Crippen molar-refractivity contribution in [2.45, 2.75) is 128 Å². The first kappa shape index (κ1) is 46.0. The fraction of sp³-hybridized carbons (Fsp3) is 0.600. The van der Waals surface area contributed by atoms with Crippen molar-refractivity contribution in [1.82, 2.24) is 24.4 Å². The number of sulfonamides is 1. The van der Waals surface area contributed by atoms with E-state index in [0.717, 1.165) is 23.4 Å². The number of nitrogens with zero attached hydrogens (tertiary/aromatic N) is 4. The molecule has 1 aromatic carbocycles. The number of carbonyl (C=O) groups excluding carboxylic acids is 4. The van der Waals surface area contributed by atoms with E-state index in [1.807, 2.05) is 19.1 Å². The van der Waals surface area contributed by atoms with E-state index in [2.05, 4.69) is 21.7 Å². The Kier molecular flexibility index (Phi) is 12.3. The molecule has 7 rings (SSSR count). The van der Waals surface area contributed by atoms with Crippen LogP contribution in [0.3, 0.4) is 0 Å². The minimum atomic E-state index is -4.71. The number of carbonyl (C=O) groups is 4. The lowest BCUT2D eigenvalue weighted by Crippen LogP contribution is -2.48. The molecule has 0 bridgehead atoms. The highest BCUT2D eigenvalue weighted by molar-refractivity contribution is 7.91. The number of fused-ring (bicyclic) bond motifs is 3. The molecule has 4 aliphatic rings. The molecule has 0 unspecified atom stereocenters. The average Bonchev–Trinajstić information content (AvgIpc) is 3.96. The lowest BCUT2D eigenvalue weighted by molar-refractivity contribution is -0.160. The number of ketones is 1. The highest BCUT2D eigenvalue weighted by Gasteiger charge is 2.63. The summed E-state index contributed by atoms with van der Waals surface area (Å²) in [5.74, 6) is -3.16. The molecule has 14 nitrogen and oxygen atoms in total. The molecule has 2 aromatic heterocycles. The number of allylic oxidation sites excluding steroid dienone is 2. The summed E-state index contributed by atoms with van der Waals surface area (Å²) < 4.78 is 87.3. The molecule has 2 aliphatic carbocycles. The fourth-order valence-electron chi connectivity index (χ4n) is 8.94. The van der Waals surface area contributed by atoms with Crippen molar-refractivity contribution in [1.29, 1.82) is 0 Å². The number of amides is 2. The van der Waals surface area contributed by atoms with Crippen LogP contribution in [-0.2, 0) is 40.1 Å². The van der Waals surface area contributed by atoms with Gasteiger partial charge in [0.05, 0.1) is 47.7 Å². The van der Waals surface area contributed by atoms with Crippen molar-refractivity contribution < 1.29 is 55.0 Å². The van der Waals surface area contributed by atoms with Gasteiger partial charge in [-0.2, -0.15) is 18.3 Å². The van der Waals surface area contributed by atoms with Gasteiger partial charge in [0.15, 0.2) is 17.3 Å². The van der Waals surface area contributed by atoms with Crippen molar-refractivity contribution >= 4 is 44.5 Å². The van der Waals surface area contributed by atoms with Crippen LogP contribution in [0.15, 0.2) is 48.7 Å². The zero-order valence-corrected chi connectivity index (χ0v) is 37.5. The first-order valence-electron chi connectivity index (χ1n) is 21.5. The lowest BCUT2D eigenvalue weighted by Gasteiger charge is -2.32. The van der Waals surface area contributed by atoms with Gasteiger partial charge in [-0.25, -0.2) is 18.1 Å². The summed E-state index contributed by atoms with van der Waals surface area (Å²) in [6.45, 7) is 10.6. The molecule has 3 fully saturated rings. The van der Waals surface area contributed by atoms with Crippen LogP contribution in [0.1, 0.15) is 105 Å². The van der Waals surface area contributed by atoms with E-state index in [-0.39, 0.29) is 55.6 Å². The van der Waals surface area contributed by atoms with E-state index >= 15 is 4.79 Å². The van der Waals surface area contributed by atoms with E-state index in [1.54, 1.807) is 45.9 Å². The minimum absolute atomic E-state index is 0.00240. The number of benzene rings is 1. The van der Waals surface area contributed by atoms with E-state index in [9.17, 15) is 36.0 Å². The predicted molar refractivity (Wildman–Crippen MR) is 225 cm³/mol. The summed E-state index contributed by atoms with van der Waals surface area (Å²) in [5, 5.41) is 4.16. The zero-order valence-electron chi connectivity index (χ0n) is 36.7.